The number of anilines is 4. The van der Waals surface area contributed by atoms with Crippen LogP contribution >= 0.6 is 11.6 Å². The maximum atomic E-state index is 9.70. The number of hydrogen-bond acceptors (Lipinski definition) is 9. The van der Waals surface area contributed by atoms with Gasteiger partial charge in [-0.2, -0.15) is 20.0 Å². The number of hydrogen-bond donors (Lipinski definition) is 2. The molecule has 1 aromatic carbocycles. The molecule has 5 rings (SSSR count). The smallest absolute Gasteiger partial charge is 0.247 e. The number of fused-ring (bicyclic) bond motifs is 1. The van der Waals surface area contributed by atoms with E-state index in [2.05, 4.69) is 63.5 Å². The lowest BCUT2D eigenvalue weighted by atomic mass is 9.88. The first-order valence-corrected chi connectivity index (χ1v) is 11.9. The van der Waals surface area contributed by atoms with Gasteiger partial charge in [-0.05, 0) is 30.4 Å². The summed E-state index contributed by atoms with van der Waals surface area (Å²) in [5.41, 5.74) is 2.47. The second-order valence-corrected chi connectivity index (χ2v) is 10.3. The minimum atomic E-state index is -0.0312. The highest BCUT2D eigenvalue weighted by Crippen LogP contribution is 2.38. The Bertz CT molecular complexity index is 1360. The van der Waals surface area contributed by atoms with Gasteiger partial charge in [0.2, 0.25) is 5.95 Å². The summed E-state index contributed by atoms with van der Waals surface area (Å²) >= 11 is 6.88. The quantitative estimate of drug-likeness (QED) is 0.542. The van der Waals surface area contributed by atoms with Gasteiger partial charge in [0.25, 0.3) is 0 Å². The number of morpholine rings is 1. The Kier molecular flexibility index (Phi) is 5.87. The van der Waals surface area contributed by atoms with Crippen molar-refractivity contribution in [3.63, 3.8) is 0 Å². The fraction of sp³-hybridized carbons (Fsp3) is 0.458. The van der Waals surface area contributed by atoms with Crippen molar-refractivity contribution in [3.8, 4) is 12.1 Å². The van der Waals surface area contributed by atoms with Crippen LogP contribution in [0.15, 0.2) is 18.3 Å². The molecule has 2 aromatic heterocycles. The Morgan fingerprint density at radius 2 is 2.00 bits per heavy atom. The summed E-state index contributed by atoms with van der Waals surface area (Å²) in [6.07, 6.45) is 3.61. The Hall–Kier alpha value is -3.60. The number of aromatic nitrogens is 4. The first kappa shape index (κ1) is 23.2. The SMILES string of the molecule is CC(C)(C)[C@@H]1CN(c2cc(C#N)cc(Nc3nc(NC4CC4)c4ncc(C#N)n4n3)c2Cl)CCO1. The summed E-state index contributed by atoms with van der Waals surface area (Å²) < 4.78 is 7.45. The number of benzene rings is 1. The van der Waals surface area contributed by atoms with E-state index in [4.69, 9.17) is 16.3 Å². The molecule has 1 aliphatic heterocycles. The predicted octanol–water partition coefficient (Wildman–Crippen LogP) is 4.09. The molecule has 0 amide bonds. The third-order valence-corrected chi connectivity index (χ3v) is 6.59. The van der Waals surface area contributed by atoms with Crippen molar-refractivity contribution >= 4 is 40.4 Å². The van der Waals surface area contributed by atoms with E-state index < -0.39 is 0 Å². The van der Waals surface area contributed by atoms with Gasteiger partial charge in [0.05, 0.1) is 46.9 Å². The van der Waals surface area contributed by atoms with E-state index in [1.54, 1.807) is 12.1 Å². The second kappa shape index (κ2) is 8.88. The zero-order chi connectivity index (χ0) is 24.7. The van der Waals surface area contributed by atoms with E-state index >= 15 is 0 Å². The highest BCUT2D eigenvalue weighted by molar-refractivity contribution is 6.36. The lowest BCUT2D eigenvalue weighted by Gasteiger charge is -2.41. The van der Waals surface area contributed by atoms with Gasteiger partial charge in [0, 0.05) is 19.1 Å². The van der Waals surface area contributed by atoms with Gasteiger partial charge in [-0.3, -0.25) is 0 Å². The topological polar surface area (TPSA) is 127 Å². The Morgan fingerprint density at radius 3 is 2.69 bits per heavy atom. The zero-order valence-electron chi connectivity index (χ0n) is 19.8. The van der Waals surface area contributed by atoms with Gasteiger partial charge >= 0.3 is 0 Å². The van der Waals surface area contributed by atoms with Crippen LogP contribution in [0, 0.1) is 28.1 Å². The molecule has 2 aliphatic rings. The second-order valence-electron chi connectivity index (χ2n) is 9.96. The lowest BCUT2D eigenvalue weighted by molar-refractivity contribution is -0.0265. The van der Waals surface area contributed by atoms with Crippen molar-refractivity contribution in [2.75, 3.05) is 35.2 Å². The average Bonchev–Trinajstić information content (AvgIpc) is 3.56. The van der Waals surface area contributed by atoms with E-state index in [0.29, 0.717) is 59.2 Å². The third kappa shape index (κ3) is 4.68. The summed E-state index contributed by atoms with van der Waals surface area (Å²) in [4.78, 5) is 11.1. The maximum absolute atomic E-state index is 9.70. The molecule has 1 saturated carbocycles. The first-order valence-electron chi connectivity index (χ1n) is 11.6. The van der Waals surface area contributed by atoms with E-state index in [0.717, 1.165) is 18.5 Å². The summed E-state index contributed by atoms with van der Waals surface area (Å²) in [5, 5.41) is 30.6. The number of nitrogens with one attached hydrogen (secondary N) is 2. The van der Waals surface area contributed by atoms with Crippen LogP contribution in [0.2, 0.25) is 5.02 Å². The van der Waals surface area contributed by atoms with Crippen LogP contribution in [0.5, 0.6) is 0 Å². The van der Waals surface area contributed by atoms with Crippen molar-refractivity contribution in [1.29, 1.82) is 10.5 Å². The van der Waals surface area contributed by atoms with Crippen molar-refractivity contribution in [3.05, 3.63) is 34.6 Å². The molecular formula is C24H26ClN9O. The highest BCUT2D eigenvalue weighted by atomic mass is 35.5. The molecule has 180 valence electrons. The molecule has 0 bridgehead atoms. The molecule has 10 nitrogen and oxygen atoms in total. The van der Waals surface area contributed by atoms with E-state index in [9.17, 15) is 10.5 Å². The monoisotopic (exact) mass is 491 g/mol. The summed E-state index contributed by atoms with van der Waals surface area (Å²) in [6.45, 7) is 8.34. The van der Waals surface area contributed by atoms with Crippen LogP contribution in [0.3, 0.4) is 0 Å². The van der Waals surface area contributed by atoms with Gasteiger partial charge in [-0.15, -0.1) is 5.10 Å². The molecule has 0 unspecified atom stereocenters. The highest BCUT2D eigenvalue weighted by Gasteiger charge is 2.32. The molecule has 2 N–H and O–H groups in total. The van der Waals surface area contributed by atoms with Gasteiger partial charge in [0.15, 0.2) is 17.2 Å². The summed E-state index contributed by atoms with van der Waals surface area (Å²) in [6, 6.07) is 8.13. The van der Waals surface area contributed by atoms with E-state index in [1.807, 2.05) is 0 Å². The van der Waals surface area contributed by atoms with E-state index in [1.165, 1.54) is 10.7 Å². The standard InChI is InChI=1S/C24H26ClN9O/c1-24(2,3)19-13-33(6-7-35-19)18-9-14(10-26)8-17(20(18)25)30-23-31-21(29-15-4-5-15)22-28-12-16(11-27)34(22)32-23/h8-9,12,15,19H,4-7,13H2,1-3H3,(H2,29,30,31,32)/t19-/m0/s1. The van der Waals surface area contributed by atoms with Gasteiger partial charge in [-0.1, -0.05) is 32.4 Å². The number of rotatable bonds is 5. The molecule has 1 aliphatic carbocycles. The predicted molar refractivity (Wildman–Crippen MR) is 133 cm³/mol. The third-order valence-electron chi connectivity index (χ3n) is 6.20. The molecule has 1 atom stereocenters. The number of halogens is 1. The van der Waals surface area contributed by atoms with Crippen LogP contribution < -0.4 is 15.5 Å². The molecule has 3 heterocycles. The van der Waals surface area contributed by atoms with Crippen molar-refractivity contribution < 1.29 is 4.74 Å². The molecule has 1 saturated heterocycles. The number of nitriles is 2. The molecule has 35 heavy (non-hydrogen) atoms. The summed E-state index contributed by atoms with van der Waals surface area (Å²) in [5.74, 6) is 0.785. The first-order chi connectivity index (χ1) is 16.8. The van der Waals surface area contributed by atoms with Crippen LogP contribution in [0.25, 0.3) is 5.65 Å². The fourth-order valence-electron chi connectivity index (χ4n) is 4.04. The Balaban J connectivity index is 1.52. The fourth-order valence-corrected chi connectivity index (χ4v) is 4.31. The Labute approximate surface area is 208 Å². The molecule has 0 radical (unpaired) electrons. The largest absolute Gasteiger partial charge is 0.374 e. The molecule has 2 fully saturated rings. The summed E-state index contributed by atoms with van der Waals surface area (Å²) in [7, 11) is 0. The minimum absolute atomic E-state index is 0.0295. The van der Waals surface area contributed by atoms with Crippen molar-refractivity contribution in [2.24, 2.45) is 5.41 Å². The lowest BCUT2D eigenvalue weighted by Crippen LogP contribution is -2.48. The number of nitrogens with zero attached hydrogens (tertiary/aromatic N) is 7. The normalized spacial score (nSPS) is 18.2. The van der Waals surface area contributed by atoms with Gasteiger partial charge < -0.3 is 20.3 Å². The number of ether oxygens (including phenoxy) is 1. The van der Waals surface area contributed by atoms with Gasteiger partial charge in [0.1, 0.15) is 6.07 Å². The van der Waals surface area contributed by atoms with Crippen molar-refractivity contribution in [2.45, 2.75) is 45.8 Å². The molecule has 11 heteroatoms. The van der Waals surface area contributed by atoms with Crippen LogP contribution in [-0.2, 0) is 4.74 Å². The zero-order valence-corrected chi connectivity index (χ0v) is 20.6. The van der Waals surface area contributed by atoms with Gasteiger partial charge in [-0.25, -0.2) is 4.98 Å². The molecular weight excluding hydrogens is 466 g/mol. The number of imidazole rings is 1. The molecule has 0 spiro atoms. The van der Waals surface area contributed by atoms with Crippen LogP contribution in [0.1, 0.15) is 44.9 Å². The van der Waals surface area contributed by atoms with Crippen molar-refractivity contribution in [1.82, 2.24) is 19.6 Å². The Morgan fingerprint density at radius 1 is 1.20 bits per heavy atom. The minimum Gasteiger partial charge on any atom is -0.374 e. The van der Waals surface area contributed by atoms with E-state index in [-0.39, 0.29) is 17.5 Å². The van der Waals surface area contributed by atoms with Crippen LogP contribution in [-0.4, -0.2) is 51.4 Å². The molecule has 3 aromatic rings. The average molecular weight is 492 g/mol. The maximum Gasteiger partial charge on any atom is 0.247 e. The van der Waals surface area contributed by atoms with Crippen LogP contribution in [0.4, 0.5) is 23.1 Å².